The summed E-state index contributed by atoms with van der Waals surface area (Å²) in [6.45, 7) is 1.61. The normalized spacial score (nSPS) is 17.4. The molecule has 1 amide bonds. The van der Waals surface area contributed by atoms with Crippen molar-refractivity contribution in [2.75, 3.05) is 13.1 Å². The van der Waals surface area contributed by atoms with E-state index in [1.165, 1.54) is 18.2 Å². The number of fused-ring (bicyclic) bond motifs is 1. The maximum absolute atomic E-state index is 14.0. The van der Waals surface area contributed by atoms with Crippen LogP contribution in [0.4, 0.5) is 4.39 Å². The van der Waals surface area contributed by atoms with Gasteiger partial charge in [0.25, 0.3) is 11.5 Å². The van der Waals surface area contributed by atoms with E-state index in [9.17, 15) is 14.0 Å². The van der Waals surface area contributed by atoms with Crippen LogP contribution in [0.2, 0.25) is 5.02 Å². The Morgan fingerprint density at radius 1 is 1.21 bits per heavy atom. The molecule has 0 saturated carbocycles. The van der Waals surface area contributed by atoms with Crippen LogP contribution >= 0.6 is 11.6 Å². The highest BCUT2D eigenvalue weighted by atomic mass is 35.5. The van der Waals surface area contributed by atoms with E-state index >= 15 is 0 Å². The van der Waals surface area contributed by atoms with Crippen molar-refractivity contribution in [2.24, 2.45) is 5.92 Å². The maximum Gasteiger partial charge on any atom is 0.267 e. The predicted octanol–water partition coefficient (Wildman–Crippen LogP) is 3.47. The molecule has 1 aromatic heterocycles. The summed E-state index contributed by atoms with van der Waals surface area (Å²) in [5.41, 5.74) is 2.04. The molecule has 0 unspecified atom stereocenters. The molecule has 1 saturated heterocycles. The molecule has 1 fully saturated rings. The summed E-state index contributed by atoms with van der Waals surface area (Å²) in [6.07, 6.45) is 5.63. The SMILES string of the molecule is O=C(c1c(F)cccc1Cl)N1CCC(Cn2nc3c(cc2=O)CCCC3)CC1. The van der Waals surface area contributed by atoms with Gasteiger partial charge in [-0.3, -0.25) is 9.59 Å². The average molecular weight is 404 g/mol. The molecule has 2 heterocycles. The Balaban J connectivity index is 1.41. The number of rotatable bonds is 3. The van der Waals surface area contributed by atoms with Gasteiger partial charge in [0.2, 0.25) is 0 Å². The van der Waals surface area contributed by atoms with E-state index in [4.69, 9.17) is 11.6 Å². The molecule has 0 radical (unpaired) electrons. The molecule has 5 nitrogen and oxygen atoms in total. The number of hydrogen-bond donors (Lipinski definition) is 0. The number of benzene rings is 1. The van der Waals surface area contributed by atoms with Gasteiger partial charge in [-0.1, -0.05) is 17.7 Å². The second-order valence-electron chi connectivity index (χ2n) is 7.68. The number of carbonyl (C=O) groups is 1. The van der Waals surface area contributed by atoms with Crippen molar-refractivity contribution in [2.45, 2.75) is 45.1 Å². The number of hydrogen-bond acceptors (Lipinski definition) is 3. The van der Waals surface area contributed by atoms with Gasteiger partial charge in [0.1, 0.15) is 5.82 Å². The molecule has 7 heteroatoms. The van der Waals surface area contributed by atoms with E-state index < -0.39 is 5.82 Å². The van der Waals surface area contributed by atoms with Crippen molar-refractivity contribution < 1.29 is 9.18 Å². The largest absolute Gasteiger partial charge is 0.338 e. The van der Waals surface area contributed by atoms with E-state index in [0.29, 0.717) is 19.6 Å². The van der Waals surface area contributed by atoms with Crippen molar-refractivity contribution in [3.05, 3.63) is 62.3 Å². The fourth-order valence-corrected chi connectivity index (χ4v) is 4.40. The summed E-state index contributed by atoms with van der Waals surface area (Å²) in [5, 5.41) is 4.72. The number of aromatic nitrogens is 2. The van der Waals surface area contributed by atoms with Crippen LogP contribution < -0.4 is 5.56 Å². The third-order valence-electron chi connectivity index (χ3n) is 5.78. The number of amides is 1. The number of halogens is 2. The first-order valence-electron chi connectivity index (χ1n) is 9.86. The molecule has 2 aliphatic rings. The summed E-state index contributed by atoms with van der Waals surface area (Å²) in [4.78, 5) is 26.7. The zero-order valence-electron chi connectivity index (χ0n) is 15.7. The lowest BCUT2D eigenvalue weighted by molar-refractivity contribution is 0.0676. The number of piperidine rings is 1. The van der Waals surface area contributed by atoms with E-state index in [-0.39, 0.29) is 28.0 Å². The molecule has 0 spiro atoms. The Kier molecular flexibility index (Phi) is 5.49. The maximum atomic E-state index is 14.0. The zero-order chi connectivity index (χ0) is 19.7. The van der Waals surface area contributed by atoms with Crippen LogP contribution in [0, 0.1) is 11.7 Å². The monoisotopic (exact) mass is 403 g/mol. The molecule has 1 aliphatic heterocycles. The van der Waals surface area contributed by atoms with Gasteiger partial charge in [-0.15, -0.1) is 0 Å². The second kappa shape index (κ2) is 8.03. The molecule has 2 aromatic rings. The Morgan fingerprint density at radius 3 is 2.71 bits per heavy atom. The van der Waals surface area contributed by atoms with Crippen molar-refractivity contribution in [1.82, 2.24) is 14.7 Å². The lowest BCUT2D eigenvalue weighted by Crippen LogP contribution is -2.41. The van der Waals surface area contributed by atoms with Crippen LogP contribution in [-0.2, 0) is 19.4 Å². The number of carbonyl (C=O) groups excluding carboxylic acids is 1. The molecule has 0 N–H and O–H groups in total. The summed E-state index contributed by atoms with van der Waals surface area (Å²) < 4.78 is 15.6. The minimum atomic E-state index is -0.593. The first kappa shape index (κ1) is 19.1. The van der Waals surface area contributed by atoms with Crippen LogP contribution in [0.15, 0.2) is 29.1 Å². The molecule has 0 atom stereocenters. The molecule has 0 bridgehead atoms. The van der Waals surface area contributed by atoms with Crippen LogP contribution in [-0.4, -0.2) is 33.7 Å². The second-order valence-corrected chi connectivity index (χ2v) is 8.08. The average Bonchev–Trinajstić information content (AvgIpc) is 2.69. The van der Waals surface area contributed by atoms with Crippen LogP contribution in [0.25, 0.3) is 0 Å². The first-order chi connectivity index (χ1) is 13.5. The predicted molar refractivity (Wildman–Crippen MR) is 105 cm³/mol. The summed E-state index contributed by atoms with van der Waals surface area (Å²) >= 11 is 6.02. The van der Waals surface area contributed by atoms with E-state index in [0.717, 1.165) is 49.8 Å². The van der Waals surface area contributed by atoms with Crippen LogP contribution in [0.1, 0.15) is 47.3 Å². The first-order valence-corrected chi connectivity index (χ1v) is 10.2. The van der Waals surface area contributed by atoms with Gasteiger partial charge in [0.05, 0.1) is 16.3 Å². The highest BCUT2D eigenvalue weighted by molar-refractivity contribution is 6.33. The van der Waals surface area contributed by atoms with Crippen LogP contribution in [0.5, 0.6) is 0 Å². The third kappa shape index (κ3) is 3.83. The fourth-order valence-electron chi connectivity index (χ4n) is 4.16. The van der Waals surface area contributed by atoms with Gasteiger partial charge in [0.15, 0.2) is 0 Å². The zero-order valence-corrected chi connectivity index (χ0v) is 16.4. The Labute approximate surface area is 168 Å². The van der Waals surface area contributed by atoms with Gasteiger partial charge < -0.3 is 4.90 Å². The van der Waals surface area contributed by atoms with Crippen molar-refractivity contribution in [3.8, 4) is 0 Å². The summed E-state index contributed by atoms with van der Waals surface area (Å²) in [7, 11) is 0. The van der Waals surface area contributed by atoms with Gasteiger partial charge in [-0.25, -0.2) is 9.07 Å². The van der Waals surface area contributed by atoms with E-state index in [1.54, 1.807) is 15.6 Å². The highest BCUT2D eigenvalue weighted by Crippen LogP contribution is 2.25. The van der Waals surface area contributed by atoms with Gasteiger partial charge in [-0.2, -0.15) is 5.10 Å². The lowest BCUT2D eigenvalue weighted by Gasteiger charge is -2.32. The van der Waals surface area contributed by atoms with Gasteiger partial charge in [-0.05, 0) is 62.1 Å². The fraction of sp³-hybridized carbons (Fsp3) is 0.476. The molecule has 28 heavy (non-hydrogen) atoms. The number of likely N-dealkylation sites (tertiary alicyclic amines) is 1. The Bertz CT molecular complexity index is 931. The molecular weight excluding hydrogens is 381 g/mol. The molecule has 1 aromatic carbocycles. The summed E-state index contributed by atoms with van der Waals surface area (Å²) in [6, 6.07) is 6.00. The standard InChI is InChI=1S/C21H23ClFN3O2/c22-16-5-3-6-17(23)20(16)21(28)25-10-8-14(9-11-25)13-26-19(27)12-15-4-1-2-7-18(15)24-26/h3,5-6,12,14H,1-2,4,7-11,13H2. The highest BCUT2D eigenvalue weighted by Gasteiger charge is 2.27. The minimum absolute atomic E-state index is 0.0442. The molecule has 148 valence electrons. The number of nitrogens with zero attached hydrogens (tertiary/aromatic N) is 3. The smallest absolute Gasteiger partial charge is 0.267 e. The number of aryl methyl sites for hydroxylation is 2. The third-order valence-corrected chi connectivity index (χ3v) is 6.10. The van der Waals surface area contributed by atoms with Crippen molar-refractivity contribution in [3.63, 3.8) is 0 Å². The van der Waals surface area contributed by atoms with E-state index in [2.05, 4.69) is 5.10 Å². The Morgan fingerprint density at radius 2 is 1.96 bits per heavy atom. The summed E-state index contributed by atoms with van der Waals surface area (Å²) in [5.74, 6) is -0.693. The topological polar surface area (TPSA) is 55.2 Å². The van der Waals surface area contributed by atoms with Gasteiger partial charge in [0, 0.05) is 25.7 Å². The van der Waals surface area contributed by atoms with Crippen LogP contribution in [0.3, 0.4) is 0 Å². The van der Waals surface area contributed by atoms with Crippen molar-refractivity contribution >= 4 is 17.5 Å². The Hall–Kier alpha value is -2.21. The van der Waals surface area contributed by atoms with Crippen molar-refractivity contribution in [1.29, 1.82) is 0 Å². The quantitative estimate of drug-likeness (QED) is 0.788. The molecular formula is C21H23ClFN3O2. The van der Waals surface area contributed by atoms with Gasteiger partial charge >= 0.3 is 0 Å². The minimum Gasteiger partial charge on any atom is -0.338 e. The molecule has 1 aliphatic carbocycles. The van der Waals surface area contributed by atoms with E-state index in [1.807, 2.05) is 0 Å². The lowest BCUT2D eigenvalue weighted by atomic mass is 9.95. The molecule has 4 rings (SSSR count).